The summed E-state index contributed by atoms with van der Waals surface area (Å²) >= 11 is 11.8. The minimum Gasteiger partial charge on any atom is -0.377 e. The molecule has 2 atom stereocenters. The number of carbonyl (C=O) groups excluding carboxylic acids is 1. The fourth-order valence-electron chi connectivity index (χ4n) is 2.31. The average molecular weight is 303 g/mol. The van der Waals surface area contributed by atoms with Crippen molar-refractivity contribution >= 4 is 34.8 Å². The fraction of sp³-hybridized carbons (Fsp3) is 0.538. The predicted molar refractivity (Wildman–Crippen MR) is 75.8 cm³/mol. The van der Waals surface area contributed by atoms with Crippen LogP contribution in [0.15, 0.2) is 6.07 Å². The molecule has 0 aliphatic carbocycles. The number of nitrogens with one attached hydrogen (secondary N) is 1. The number of nitrogens with zero attached hydrogens (tertiary/aromatic N) is 1. The van der Waals surface area contributed by atoms with Crippen LogP contribution in [0, 0.1) is 12.8 Å². The molecular weight excluding hydrogens is 287 g/mol. The molecule has 1 aliphatic heterocycles. The van der Waals surface area contributed by atoms with Gasteiger partial charge in [0.25, 0.3) is 0 Å². The predicted octanol–water partition coefficient (Wildman–Crippen LogP) is 3.45. The second-order valence-corrected chi connectivity index (χ2v) is 5.37. The third-order valence-corrected chi connectivity index (χ3v) is 3.81. The Morgan fingerprint density at radius 2 is 2.32 bits per heavy atom. The van der Waals surface area contributed by atoms with Crippen LogP contribution in [0.2, 0.25) is 10.3 Å². The van der Waals surface area contributed by atoms with E-state index in [0.717, 1.165) is 18.4 Å². The maximum absolute atomic E-state index is 12.3. The monoisotopic (exact) mass is 302 g/mol. The summed E-state index contributed by atoms with van der Waals surface area (Å²) in [4.78, 5) is 16.2. The van der Waals surface area contributed by atoms with E-state index in [1.165, 1.54) is 0 Å². The number of halogens is 2. The molecule has 0 spiro atoms. The first kappa shape index (κ1) is 14.6. The van der Waals surface area contributed by atoms with Crippen LogP contribution in [-0.4, -0.2) is 23.6 Å². The number of amides is 1. The van der Waals surface area contributed by atoms with Crippen LogP contribution in [-0.2, 0) is 9.53 Å². The van der Waals surface area contributed by atoms with Gasteiger partial charge in [0, 0.05) is 6.61 Å². The molecule has 2 heterocycles. The third-order valence-electron chi connectivity index (χ3n) is 3.34. The van der Waals surface area contributed by atoms with Gasteiger partial charge in [-0.15, -0.1) is 0 Å². The van der Waals surface area contributed by atoms with Gasteiger partial charge in [-0.1, -0.05) is 30.1 Å². The summed E-state index contributed by atoms with van der Waals surface area (Å²) in [6, 6.07) is 1.67. The summed E-state index contributed by atoms with van der Waals surface area (Å²) in [5.41, 5.74) is 1.32. The summed E-state index contributed by atoms with van der Waals surface area (Å²) in [7, 11) is 0. The van der Waals surface area contributed by atoms with Crippen LogP contribution in [0.4, 0.5) is 5.69 Å². The molecule has 0 radical (unpaired) electrons. The van der Waals surface area contributed by atoms with E-state index in [0.29, 0.717) is 17.4 Å². The SMILES string of the molecule is CCC1OCCC1C(=O)Nc1c(C)cc(Cl)nc1Cl. The lowest BCUT2D eigenvalue weighted by molar-refractivity contribution is -0.121. The van der Waals surface area contributed by atoms with E-state index >= 15 is 0 Å². The molecule has 2 unspecified atom stereocenters. The number of rotatable bonds is 3. The Balaban J connectivity index is 2.15. The highest BCUT2D eigenvalue weighted by molar-refractivity contribution is 6.34. The first-order valence-corrected chi connectivity index (χ1v) is 7.03. The zero-order chi connectivity index (χ0) is 14.0. The molecular formula is C13H16Cl2N2O2. The van der Waals surface area contributed by atoms with Crippen LogP contribution < -0.4 is 5.32 Å². The van der Waals surface area contributed by atoms with Crippen molar-refractivity contribution in [1.29, 1.82) is 0 Å². The maximum Gasteiger partial charge on any atom is 0.230 e. The number of anilines is 1. The molecule has 1 fully saturated rings. The van der Waals surface area contributed by atoms with Gasteiger partial charge in [0.15, 0.2) is 5.15 Å². The molecule has 2 rings (SSSR count). The minimum absolute atomic E-state index is 0.0145. The molecule has 104 valence electrons. The number of ether oxygens (including phenoxy) is 1. The van der Waals surface area contributed by atoms with Gasteiger partial charge in [0.05, 0.1) is 17.7 Å². The van der Waals surface area contributed by atoms with Gasteiger partial charge in [0.1, 0.15) is 5.15 Å². The van der Waals surface area contributed by atoms with Crippen LogP contribution in [0.1, 0.15) is 25.3 Å². The van der Waals surface area contributed by atoms with Crippen molar-refractivity contribution in [2.45, 2.75) is 32.8 Å². The average Bonchev–Trinajstić information content (AvgIpc) is 2.81. The van der Waals surface area contributed by atoms with Crippen LogP contribution in [0.5, 0.6) is 0 Å². The van der Waals surface area contributed by atoms with E-state index in [1.54, 1.807) is 6.07 Å². The van der Waals surface area contributed by atoms with E-state index in [2.05, 4.69) is 10.3 Å². The maximum atomic E-state index is 12.3. The molecule has 1 aliphatic rings. The molecule has 1 saturated heterocycles. The van der Waals surface area contributed by atoms with Gasteiger partial charge < -0.3 is 10.1 Å². The fourth-order valence-corrected chi connectivity index (χ4v) is 2.89. The van der Waals surface area contributed by atoms with Crippen molar-refractivity contribution in [2.75, 3.05) is 11.9 Å². The number of hydrogen-bond donors (Lipinski definition) is 1. The summed E-state index contributed by atoms with van der Waals surface area (Å²) < 4.78 is 5.52. The third kappa shape index (κ3) is 3.19. The second-order valence-electron chi connectivity index (χ2n) is 4.63. The number of aromatic nitrogens is 1. The Morgan fingerprint density at radius 3 is 2.95 bits per heavy atom. The first-order valence-electron chi connectivity index (χ1n) is 6.28. The second kappa shape index (κ2) is 6.07. The smallest absolute Gasteiger partial charge is 0.230 e. The van der Waals surface area contributed by atoms with Gasteiger partial charge in [0.2, 0.25) is 5.91 Å². The van der Waals surface area contributed by atoms with E-state index in [1.807, 2.05) is 13.8 Å². The van der Waals surface area contributed by atoms with Crippen molar-refractivity contribution in [3.8, 4) is 0 Å². The van der Waals surface area contributed by atoms with E-state index in [-0.39, 0.29) is 23.1 Å². The lowest BCUT2D eigenvalue weighted by Gasteiger charge is -2.17. The molecule has 19 heavy (non-hydrogen) atoms. The lowest BCUT2D eigenvalue weighted by Crippen LogP contribution is -2.29. The number of aryl methyl sites for hydroxylation is 1. The quantitative estimate of drug-likeness (QED) is 0.870. The lowest BCUT2D eigenvalue weighted by atomic mass is 9.98. The molecule has 1 N–H and O–H groups in total. The number of carbonyl (C=O) groups is 1. The van der Waals surface area contributed by atoms with Crippen molar-refractivity contribution in [1.82, 2.24) is 4.98 Å². The zero-order valence-corrected chi connectivity index (χ0v) is 12.4. The van der Waals surface area contributed by atoms with Gasteiger partial charge in [-0.25, -0.2) is 4.98 Å². The van der Waals surface area contributed by atoms with Gasteiger partial charge in [-0.05, 0) is 31.4 Å². The highest BCUT2D eigenvalue weighted by Crippen LogP contribution is 2.29. The van der Waals surface area contributed by atoms with Gasteiger partial charge in [-0.2, -0.15) is 0 Å². The van der Waals surface area contributed by atoms with E-state index in [4.69, 9.17) is 27.9 Å². The summed E-state index contributed by atoms with van der Waals surface area (Å²) in [6.45, 7) is 4.47. The minimum atomic E-state index is -0.129. The normalized spacial score (nSPS) is 22.5. The summed E-state index contributed by atoms with van der Waals surface area (Å²) in [5, 5.41) is 3.37. The van der Waals surface area contributed by atoms with Crippen molar-refractivity contribution < 1.29 is 9.53 Å². The largest absolute Gasteiger partial charge is 0.377 e. The Morgan fingerprint density at radius 1 is 1.58 bits per heavy atom. The van der Waals surface area contributed by atoms with Gasteiger partial charge in [-0.3, -0.25) is 4.79 Å². The molecule has 1 aromatic heterocycles. The number of hydrogen-bond acceptors (Lipinski definition) is 3. The highest BCUT2D eigenvalue weighted by Gasteiger charge is 2.33. The molecule has 1 amide bonds. The van der Waals surface area contributed by atoms with Crippen molar-refractivity contribution in [3.05, 3.63) is 21.9 Å². The van der Waals surface area contributed by atoms with Crippen molar-refractivity contribution in [2.24, 2.45) is 5.92 Å². The first-order chi connectivity index (χ1) is 9.02. The highest BCUT2D eigenvalue weighted by atomic mass is 35.5. The van der Waals surface area contributed by atoms with Crippen LogP contribution >= 0.6 is 23.2 Å². The Hall–Kier alpha value is -0.840. The zero-order valence-electron chi connectivity index (χ0n) is 10.9. The Labute approximate surface area is 122 Å². The van der Waals surface area contributed by atoms with Crippen LogP contribution in [0.3, 0.4) is 0 Å². The van der Waals surface area contributed by atoms with E-state index in [9.17, 15) is 4.79 Å². The molecule has 4 nitrogen and oxygen atoms in total. The van der Waals surface area contributed by atoms with Gasteiger partial charge >= 0.3 is 0 Å². The molecule has 1 aromatic rings. The molecule has 0 bridgehead atoms. The summed E-state index contributed by atoms with van der Waals surface area (Å²) in [6.07, 6.45) is 1.55. The van der Waals surface area contributed by atoms with Crippen LogP contribution in [0.25, 0.3) is 0 Å². The van der Waals surface area contributed by atoms with E-state index < -0.39 is 0 Å². The standard InChI is InChI=1S/C13H16Cl2N2O2/c1-3-9-8(4-5-19-9)13(18)17-11-7(2)6-10(14)16-12(11)15/h6,8-9H,3-5H2,1-2H3,(H,17,18). The molecule has 0 aromatic carbocycles. The molecule has 6 heteroatoms. The summed E-state index contributed by atoms with van der Waals surface area (Å²) in [5.74, 6) is -0.199. The Bertz CT molecular complexity index is 471. The Kier molecular flexibility index (Phi) is 4.66. The number of pyridine rings is 1. The molecule has 0 saturated carbocycles. The topological polar surface area (TPSA) is 51.2 Å². The van der Waals surface area contributed by atoms with Crippen molar-refractivity contribution in [3.63, 3.8) is 0 Å².